The molecule has 0 spiro atoms. The fourth-order valence-corrected chi connectivity index (χ4v) is 2.35. The van der Waals surface area contributed by atoms with Crippen molar-refractivity contribution in [2.45, 2.75) is 31.5 Å². The van der Waals surface area contributed by atoms with E-state index in [2.05, 4.69) is 35.6 Å². The standard InChI is InChI=1S/C15H18N2O/c16-9-12-6-7-13(18-12)10-17-15-8-14(15)11-4-2-1-3-5-11/h1-7,14-15,17H,8-10,16H2. The summed E-state index contributed by atoms with van der Waals surface area (Å²) in [5.74, 6) is 2.48. The maximum atomic E-state index is 5.56. The molecule has 1 aliphatic carbocycles. The van der Waals surface area contributed by atoms with Crippen LogP contribution in [0, 0.1) is 0 Å². The van der Waals surface area contributed by atoms with Gasteiger partial charge in [-0.05, 0) is 24.1 Å². The molecule has 3 heteroatoms. The van der Waals surface area contributed by atoms with Gasteiger partial charge < -0.3 is 15.5 Å². The average molecular weight is 242 g/mol. The van der Waals surface area contributed by atoms with Crippen LogP contribution < -0.4 is 11.1 Å². The van der Waals surface area contributed by atoms with E-state index in [9.17, 15) is 0 Å². The normalized spacial score (nSPS) is 22.1. The second-order valence-corrected chi connectivity index (χ2v) is 4.81. The van der Waals surface area contributed by atoms with Crippen LogP contribution >= 0.6 is 0 Å². The van der Waals surface area contributed by atoms with Gasteiger partial charge in [0.2, 0.25) is 0 Å². The van der Waals surface area contributed by atoms with Gasteiger partial charge in [0.05, 0.1) is 13.1 Å². The van der Waals surface area contributed by atoms with Crippen molar-refractivity contribution in [1.29, 1.82) is 0 Å². The summed E-state index contributed by atoms with van der Waals surface area (Å²) >= 11 is 0. The van der Waals surface area contributed by atoms with Crippen LogP contribution in [0.3, 0.4) is 0 Å². The Hall–Kier alpha value is -1.58. The summed E-state index contributed by atoms with van der Waals surface area (Å²) in [5.41, 5.74) is 6.94. The fraction of sp³-hybridized carbons (Fsp3) is 0.333. The maximum Gasteiger partial charge on any atom is 0.118 e. The highest BCUT2D eigenvalue weighted by Crippen LogP contribution is 2.40. The van der Waals surface area contributed by atoms with Crippen LogP contribution in [0.25, 0.3) is 0 Å². The minimum absolute atomic E-state index is 0.468. The molecule has 1 aromatic heterocycles. The summed E-state index contributed by atoms with van der Waals surface area (Å²) in [7, 11) is 0. The van der Waals surface area contributed by atoms with Crippen molar-refractivity contribution in [3.05, 3.63) is 59.5 Å². The Labute approximate surface area is 107 Å². The molecule has 0 radical (unpaired) electrons. The lowest BCUT2D eigenvalue weighted by atomic mass is 10.1. The molecule has 1 aliphatic rings. The smallest absolute Gasteiger partial charge is 0.118 e. The van der Waals surface area contributed by atoms with Gasteiger partial charge in [-0.3, -0.25) is 0 Å². The van der Waals surface area contributed by atoms with Crippen molar-refractivity contribution in [2.75, 3.05) is 0 Å². The lowest BCUT2D eigenvalue weighted by molar-refractivity contribution is 0.446. The van der Waals surface area contributed by atoms with E-state index in [4.69, 9.17) is 10.2 Å². The van der Waals surface area contributed by atoms with E-state index in [1.807, 2.05) is 12.1 Å². The van der Waals surface area contributed by atoms with Crippen LogP contribution in [0.2, 0.25) is 0 Å². The average Bonchev–Trinajstić information content (AvgIpc) is 3.06. The molecule has 2 unspecified atom stereocenters. The molecular formula is C15H18N2O. The van der Waals surface area contributed by atoms with Gasteiger partial charge in [-0.1, -0.05) is 30.3 Å². The number of nitrogens with one attached hydrogen (secondary N) is 1. The first-order valence-corrected chi connectivity index (χ1v) is 6.43. The predicted octanol–water partition coefficient (Wildman–Crippen LogP) is 2.38. The first kappa shape index (κ1) is 11.5. The second kappa shape index (κ2) is 4.96. The molecule has 0 saturated heterocycles. The van der Waals surface area contributed by atoms with Crippen LogP contribution in [-0.2, 0) is 13.1 Å². The van der Waals surface area contributed by atoms with Crippen LogP contribution in [-0.4, -0.2) is 6.04 Å². The van der Waals surface area contributed by atoms with Crippen molar-refractivity contribution < 1.29 is 4.42 Å². The van der Waals surface area contributed by atoms with E-state index >= 15 is 0 Å². The van der Waals surface area contributed by atoms with Crippen molar-refractivity contribution in [3.8, 4) is 0 Å². The second-order valence-electron chi connectivity index (χ2n) is 4.81. The van der Waals surface area contributed by atoms with E-state index in [0.717, 1.165) is 18.1 Å². The molecule has 3 N–H and O–H groups in total. The summed E-state index contributed by atoms with van der Waals surface area (Å²) in [6, 6.07) is 15.2. The monoisotopic (exact) mass is 242 g/mol. The van der Waals surface area contributed by atoms with Gasteiger partial charge in [0, 0.05) is 12.0 Å². The van der Waals surface area contributed by atoms with Crippen molar-refractivity contribution >= 4 is 0 Å². The molecule has 0 aliphatic heterocycles. The maximum absolute atomic E-state index is 5.56. The highest BCUT2D eigenvalue weighted by Gasteiger charge is 2.37. The quantitative estimate of drug-likeness (QED) is 0.846. The third-order valence-electron chi connectivity index (χ3n) is 3.48. The van der Waals surface area contributed by atoms with Gasteiger partial charge in [0.15, 0.2) is 0 Å². The molecule has 3 rings (SSSR count). The van der Waals surface area contributed by atoms with Crippen molar-refractivity contribution in [3.63, 3.8) is 0 Å². The summed E-state index contributed by atoms with van der Waals surface area (Å²) in [6.45, 7) is 1.25. The first-order chi connectivity index (χ1) is 8.86. The predicted molar refractivity (Wildman–Crippen MR) is 71.0 cm³/mol. The Balaban J connectivity index is 1.51. The van der Waals surface area contributed by atoms with Crippen LogP contribution in [0.15, 0.2) is 46.9 Å². The summed E-state index contributed by atoms with van der Waals surface area (Å²) in [4.78, 5) is 0. The zero-order valence-electron chi connectivity index (χ0n) is 10.3. The summed E-state index contributed by atoms with van der Waals surface area (Å²) in [5, 5.41) is 3.52. The summed E-state index contributed by atoms with van der Waals surface area (Å²) in [6.07, 6.45) is 1.22. The van der Waals surface area contributed by atoms with Gasteiger partial charge in [-0.15, -0.1) is 0 Å². The molecule has 2 aromatic rings. The number of rotatable bonds is 5. The molecular weight excluding hydrogens is 224 g/mol. The Morgan fingerprint density at radius 2 is 1.89 bits per heavy atom. The largest absolute Gasteiger partial charge is 0.463 e. The zero-order chi connectivity index (χ0) is 12.4. The topological polar surface area (TPSA) is 51.2 Å². The third kappa shape index (κ3) is 2.47. The highest BCUT2D eigenvalue weighted by molar-refractivity contribution is 5.27. The lowest BCUT2D eigenvalue weighted by Gasteiger charge is -2.02. The lowest BCUT2D eigenvalue weighted by Crippen LogP contribution is -2.16. The van der Waals surface area contributed by atoms with Crippen molar-refractivity contribution in [2.24, 2.45) is 5.73 Å². The minimum atomic E-state index is 0.468. The number of nitrogens with two attached hydrogens (primary N) is 1. The van der Waals surface area contributed by atoms with Gasteiger partial charge >= 0.3 is 0 Å². The van der Waals surface area contributed by atoms with Crippen LogP contribution in [0.4, 0.5) is 0 Å². The Morgan fingerprint density at radius 1 is 1.11 bits per heavy atom. The molecule has 18 heavy (non-hydrogen) atoms. The van der Waals surface area contributed by atoms with Gasteiger partial charge in [-0.2, -0.15) is 0 Å². The molecule has 0 bridgehead atoms. The van der Waals surface area contributed by atoms with E-state index in [1.54, 1.807) is 0 Å². The molecule has 1 fully saturated rings. The van der Waals surface area contributed by atoms with Gasteiger partial charge in [-0.25, -0.2) is 0 Å². The highest BCUT2D eigenvalue weighted by atomic mass is 16.3. The SMILES string of the molecule is NCc1ccc(CNC2CC2c2ccccc2)o1. The fourth-order valence-electron chi connectivity index (χ4n) is 2.35. The van der Waals surface area contributed by atoms with E-state index in [0.29, 0.717) is 18.5 Å². The van der Waals surface area contributed by atoms with Gasteiger partial charge in [0.25, 0.3) is 0 Å². The number of hydrogen-bond acceptors (Lipinski definition) is 3. The molecule has 1 aromatic carbocycles. The Bertz CT molecular complexity index is 506. The summed E-state index contributed by atoms with van der Waals surface area (Å²) < 4.78 is 5.56. The van der Waals surface area contributed by atoms with Gasteiger partial charge in [0.1, 0.15) is 11.5 Å². The molecule has 2 atom stereocenters. The first-order valence-electron chi connectivity index (χ1n) is 6.43. The third-order valence-corrected chi connectivity index (χ3v) is 3.48. The van der Waals surface area contributed by atoms with E-state index < -0.39 is 0 Å². The number of benzene rings is 1. The molecule has 3 nitrogen and oxygen atoms in total. The molecule has 1 heterocycles. The molecule has 0 amide bonds. The number of furan rings is 1. The molecule has 94 valence electrons. The van der Waals surface area contributed by atoms with Crippen molar-refractivity contribution in [1.82, 2.24) is 5.32 Å². The zero-order valence-corrected chi connectivity index (χ0v) is 10.3. The van der Waals surface area contributed by atoms with Crippen LogP contribution in [0.5, 0.6) is 0 Å². The minimum Gasteiger partial charge on any atom is -0.463 e. The Kier molecular flexibility index (Phi) is 3.17. The van der Waals surface area contributed by atoms with E-state index in [-0.39, 0.29) is 0 Å². The Morgan fingerprint density at radius 3 is 2.61 bits per heavy atom. The van der Waals surface area contributed by atoms with E-state index in [1.165, 1.54) is 12.0 Å². The van der Waals surface area contributed by atoms with Crippen LogP contribution in [0.1, 0.15) is 29.4 Å². The number of hydrogen-bond donors (Lipinski definition) is 2. The molecule has 1 saturated carbocycles.